The summed E-state index contributed by atoms with van der Waals surface area (Å²) in [6, 6.07) is 15.9. The van der Waals surface area contributed by atoms with Gasteiger partial charge in [-0.1, -0.05) is 32.0 Å². The van der Waals surface area contributed by atoms with Gasteiger partial charge in [0.15, 0.2) is 0 Å². The lowest BCUT2D eigenvalue weighted by molar-refractivity contribution is 0.669. The van der Waals surface area contributed by atoms with Gasteiger partial charge >= 0.3 is 0 Å². The van der Waals surface area contributed by atoms with Crippen molar-refractivity contribution in [1.29, 1.82) is 5.26 Å². The van der Waals surface area contributed by atoms with Crippen LogP contribution in [0, 0.1) is 17.2 Å². The highest BCUT2D eigenvalue weighted by atomic mass is 16.3. The van der Waals surface area contributed by atoms with Crippen LogP contribution in [0.15, 0.2) is 52.0 Å². The van der Waals surface area contributed by atoms with Crippen LogP contribution in [0.25, 0.3) is 21.9 Å². The maximum Gasteiger partial charge on any atom is 0.140 e. The van der Waals surface area contributed by atoms with Gasteiger partial charge in [-0.25, -0.2) is 0 Å². The molecule has 1 N–H and O–H groups in total. The second-order valence-electron chi connectivity index (χ2n) is 5.18. The molecule has 0 radical (unpaired) electrons. The van der Waals surface area contributed by atoms with Gasteiger partial charge in [0, 0.05) is 22.8 Å². The van der Waals surface area contributed by atoms with E-state index in [1.54, 1.807) is 0 Å². The van der Waals surface area contributed by atoms with Crippen LogP contribution in [0.1, 0.15) is 13.8 Å². The van der Waals surface area contributed by atoms with Crippen molar-refractivity contribution in [2.75, 3.05) is 5.43 Å². The van der Waals surface area contributed by atoms with Crippen molar-refractivity contribution in [3.05, 3.63) is 42.5 Å². The number of hydrogen-bond donors (Lipinski definition) is 1. The number of fused-ring (bicyclic) bond motifs is 3. The zero-order valence-corrected chi connectivity index (χ0v) is 11.9. The molecule has 3 aromatic rings. The molecule has 0 fully saturated rings. The minimum Gasteiger partial charge on any atom is -0.456 e. The van der Waals surface area contributed by atoms with E-state index in [1.165, 1.54) is 0 Å². The normalized spacial score (nSPS) is 12.0. The molecule has 4 nitrogen and oxygen atoms in total. The smallest absolute Gasteiger partial charge is 0.140 e. The van der Waals surface area contributed by atoms with Crippen LogP contribution in [0.5, 0.6) is 0 Å². The standard InChI is InChI=1S/C17H15N3O/c1-11(2)15(10-18)20-19-12-7-8-14-13-5-3-4-6-16(13)21-17(14)9-12/h3-9,11,19H,1-2H3/b20-15+. The largest absolute Gasteiger partial charge is 0.456 e. The first-order valence-electron chi connectivity index (χ1n) is 6.84. The van der Waals surface area contributed by atoms with Gasteiger partial charge in [-0.15, -0.1) is 0 Å². The van der Waals surface area contributed by atoms with E-state index in [0.717, 1.165) is 27.6 Å². The molecular weight excluding hydrogens is 262 g/mol. The van der Waals surface area contributed by atoms with Gasteiger partial charge in [0.25, 0.3) is 0 Å². The summed E-state index contributed by atoms with van der Waals surface area (Å²) in [5.41, 5.74) is 5.87. The molecule has 0 aliphatic heterocycles. The fraction of sp³-hybridized carbons (Fsp3) is 0.176. The molecule has 1 heterocycles. The first-order chi connectivity index (χ1) is 10.2. The van der Waals surface area contributed by atoms with Gasteiger partial charge in [0.2, 0.25) is 0 Å². The van der Waals surface area contributed by atoms with Crippen molar-refractivity contribution in [3.63, 3.8) is 0 Å². The molecule has 4 heteroatoms. The number of benzene rings is 2. The molecule has 0 aliphatic carbocycles. The van der Waals surface area contributed by atoms with Crippen LogP contribution in [-0.4, -0.2) is 5.71 Å². The Kier molecular flexibility index (Phi) is 3.33. The third kappa shape index (κ3) is 2.46. The van der Waals surface area contributed by atoms with Crippen LogP contribution in [0.4, 0.5) is 5.69 Å². The van der Waals surface area contributed by atoms with E-state index in [4.69, 9.17) is 9.68 Å². The summed E-state index contributed by atoms with van der Waals surface area (Å²) in [5.74, 6) is 0.0948. The van der Waals surface area contributed by atoms with Crippen LogP contribution >= 0.6 is 0 Å². The quantitative estimate of drug-likeness (QED) is 0.565. The maximum absolute atomic E-state index is 9.00. The SMILES string of the molecule is CC(C)/C(C#N)=N/Nc1ccc2c(c1)oc1ccccc12. The van der Waals surface area contributed by atoms with E-state index in [9.17, 15) is 0 Å². The minimum atomic E-state index is 0.0948. The highest BCUT2D eigenvalue weighted by Gasteiger charge is 2.07. The van der Waals surface area contributed by atoms with Crippen molar-refractivity contribution in [2.45, 2.75) is 13.8 Å². The lowest BCUT2D eigenvalue weighted by atomic mass is 10.1. The number of hydrazone groups is 1. The maximum atomic E-state index is 9.00. The Morgan fingerprint density at radius 2 is 1.90 bits per heavy atom. The molecule has 3 rings (SSSR count). The number of hydrogen-bond acceptors (Lipinski definition) is 4. The second kappa shape index (κ2) is 5.29. The Labute approximate surface area is 122 Å². The monoisotopic (exact) mass is 277 g/mol. The lowest BCUT2D eigenvalue weighted by Gasteiger charge is -2.03. The lowest BCUT2D eigenvalue weighted by Crippen LogP contribution is -2.07. The number of rotatable bonds is 3. The topological polar surface area (TPSA) is 61.3 Å². The number of nitrogens with one attached hydrogen (secondary N) is 1. The molecule has 0 saturated heterocycles. The Bertz CT molecular complexity index is 868. The molecule has 2 aromatic carbocycles. The molecule has 0 atom stereocenters. The van der Waals surface area contributed by atoms with Gasteiger partial charge < -0.3 is 4.42 Å². The Hall–Kier alpha value is -2.80. The molecule has 21 heavy (non-hydrogen) atoms. The van der Waals surface area contributed by atoms with Crippen LogP contribution in [-0.2, 0) is 0 Å². The number of furan rings is 1. The summed E-state index contributed by atoms with van der Waals surface area (Å²) in [7, 11) is 0. The third-order valence-corrected chi connectivity index (χ3v) is 3.35. The predicted octanol–water partition coefficient (Wildman–Crippen LogP) is 4.53. The molecule has 0 unspecified atom stereocenters. The van der Waals surface area contributed by atoms with Gasteiger partial charge in [0.05, 0.1) is 5.69 Å². The fourth-order valence-corrected chi connectivity index (χ4v) is 2.20. The van der Waals surface area contributed by atoms with E-state index in [2.05, 4.69) is 16.6 Å². The van der Waals surface area contributed by atoms with Crippen LogP contribution < -0.4 is 5.43 Å². The van der Waals surface area contributed by atoms with Crippen LogP contribution in [0.3, 0.4) is 0 Å². The molecule has 0 amide bonds. The predicted molar refractivity (Wildman–Crippen MR) is 85.2 cm³/mol. The van der Waals surface area contributed by atoms with Crippen LogP contribution in [0.2, 0.25) is 0 Å². The highest BCUT2D eigenvalue weighted by Crippen LogP contribution is 2.30. The number of para-hydroxylation sites is 1. The van der Waals surface area contributed by atoms with Crippen molar-refractivity contribution in [2.24, 2.45) is 11.0 Å². The van der Waals surface area contributed by atoms with E-state index in [-0.39, 0.29) is 5.92 Å². The molecule has 104 valence electrons. The summed E-state index contributed by atoms with van der Waals surface area (Å²) in [5, 5.41) is 15.3. The molecule has 0 bridgehead atoms. The number of nitriles is 1. The van der Waals surface area contributed by atoms with Crippen molar-refractivity contribution in [1.82, 2.24) is 0 Å². The summed E-state index contributed by atoms with van der Waals surface area (Å²) in [6.45, 7) is 3.87. The summed E-state index contributed by atoms with van der Waals surface area (Å²) >= 11 is 0. The fourth-order valence-electron chi connectivity index (χ4n) is 2.20. The first-order valence-corrected chi connectivity index (χ1v) is 6.84. The Balaban J connectivity index is 1.98. The van der Waals surface area contributed by atoms with Gasteiger partial charge in [-0.05, 0) is 18.2 Å². The van der Waals surface area contributed by atoms with Crippen molar-refractivity contribution >= 4 is 33.3 Å². The molecule has 0 spiro atoms. The molecular formula is C17H15N3O. The third-order valence-electron chi connectivity index (χ3n) is 3.35. The Morgan fingerprint density at radius 3 is 2.67 bits per heavy atom. The first kappa shape index (κ1) is 13.2. The van der Waals surface area contributed by atoms with E-state index >= 15 is 0 Å². The van der Waals surface area contributed by atoms with Gasteiger partial charge in [0.1, 0.15) is 22.9 Å². The number of anilines is 1. The molecule has 0 aliphatic rings. The van der Waals surface area contributed by atoms with Gasteiger partial charge in [-0.3, -0.25) is 5.43 Å². The Morgan fingerprint density at radius 1 is 1.14 bits per heavy atom. The zero-order chi connectivity index (χ0) is 14.8. The molecule has 1 aromatic heterocycles. The van der Waals surface area contributed by atoms with E-state index in [0.29, 0.717) is 5.71 Å². The highest BCUT2D eigenvalue weighted by molar-refractivity contribution is 6.05. The average molecular weight is 277 g/mol. The number of nitrogens with zero attached hydrogens (tertiary/aromatic N) is 2. The summed E-state index contributed by atoms with van der Waals surface area (Å²) < 4.78 is 5.82. The molecule has 0 saturated carbocycles. The summed E-state index contributed by atoms with van der Waals surface area (Å²) in [4.78, 5) is 0. The summed E-state index contributed by atoms with van der Waals surface area (Å²) in [6.07, 6.45) is 0. The van der Waals surface area contributed by atoms with Crippen molar-refractivity contribution < 1.29 is 4.42 Å². The average Bonchev–Trinajstić information content (AvgIpc) is 2.85. The van der Waals surface area contributed by atoms with E-state index < -0.39 is 0 Å². The van der Waals surface area contributed by atoms with Gasteiger partial charge in [-0.2, -0.15) is 10.4 Å². The minimum absolute atomic E-state index is 0.0948. The van der Waals surface area contributed by atoms with E-state index in [1.807, 2.05) is 56.3 Å². The zero-order valence-electron chi connectivity index (χ0n) is 11.9. The second-order valence-corrected chi connectivity index (χ2v) is 5.18. The van der Waals surface area contributed by atoms with Crippen molar-refractivity contribution in [3.8, 4) is 6.07 Å².